The minimum absolute atomic E-state index is 0.0210. The van der Waals surface area contributed by atoms with Crippen molar-refractivity contribution in [1.82, 2.24) is 0 Å². The van der Waals surface area contributed by atoms with Crippen LogP contribution in [0.15, 0.2) is 18.2 Å². The van der Waals surface area contributed by atoms with Crippen molar-refractivity contribution >= 4 is 17.1 Å². The number of aliphatic hydroxyl groups excluding tert-OH is 1. The molecule has 6 nitrogen and oxygen atoms in total. The van der Waals surface area contributed by atoms with E-state index in [-0.39, 0.29) is 18.0 Å². The average molecular weight is 265 g/mol. The average Bonchev–Trinajstić information content (AvgIpc) is 2.31. The minimum atomic E-state index is -0.421. The number of benzene rings is 1. The van der Waals surface area contributed by atoms with Crippen molar-refractivity contribution in [2.45, 2.75) is 31.7 Å². The first-order valence-electron chi connectivity index (χ1n) is 6.55. The number of hydrogen-bond acceptors (Lipinski definition) is 5. The van der Waals surface area contributed by atoms with Crippen molar-refractivity contribution in [2.75, 3.05) is 23.8 Å². The first kappa shape index (κ1) is 13.6. The lowest BCUT2D eigenvalue weighted by Gasteiger charge is -2.39. The molecule has 0 radical (unpaired) electrons. The highest BCUT2D eigenvalue weighted by molar-refractivity contribution is 5.75. The Morgan fingerprint density at radius 3 is 2.74 bits per heavy atom. The van der Waals surface area contributed by atoms with E-state index >= 15 is 0 Å². The normalized spacial score (nSPS) is 15.0. The summed E-state index contributed by atoms with van der Waals surface area (Å²) in [6.07, 6.45) is 3.83. The van der Waals surface area contributed by atoms with Gasteiger partial charge in [-0.15, -0.1) is 0 Å². The van der Waals surface area contributed by atoms with Crippen molar-refractivity contribution in [3.63, 3.8) is 0 Å². The SMILES string of the molecule is Nc1cccc(N(CCCO)C2CCC2)c1[N+](=O)[O-]. The van der Waals surface area contributed by atoms with Crippen molar-refractivity contribution in [1.29, 1.82) is 0 Å². The van der Waals surface area contributed by atoms with Crippen molar-refractivity contribution in [3.05, 3.63) is 28.3 Å². The van der Waals surface area contributed by atoms with Gasteiger partial charge in [0, 0.05) is 19.2 Å². The smallest absolute Gasteiger partial charge is 0.315 e. The Morgan fingerprint density at radius 1 is 1.47 bits per heavy atom. The van der Waals surface area contributed by atoms with Gasteiger partial charge in [0.1, 0.15) is 11.4 Å². The third-order valence-electron chi connectivity index (χ3n) is 3.61. The van der Waals surface area contributed by atoms with Crippen LogP contribution >= 0.6 is 0 Å². The maximum Gasteiger partial charge on any atom is 0.315 e. The summed E-state index contributed by atoms with van der Waals surface area (Å²) in [7, 11) is 0. The second kappa shape index (κ2) is 5.88. The number of rotatable bonds is 6. The Balaban J connectivity index is 2.34. The molecule has 19 heavy (non-hydrogen) atoms. The van der Waals surface area contributed by atoms with Gasteiger partial charge in [-0.05, 0) is 37.8 Å². The fourth-order valence-electron chi connectivity index (χ4n) is 2.42. The molecule has 0 unspecified atom stereocenters. The molecule has 104 valence electrons. The van der Waals surface area contributed by atoms with Gasteiger partial charge in [0.05, 0.1) is 4.92 Å². The Hall–Kier alpha value is -1.82. The summed E-state index contributed by atoms with van der Waals surface area (Å²) in [6.45, 7) is 0.699. The van der Waals surface area contributed by atoms with Gasteiger partial charge in [-0.3, -0.25) is 10.1 Å². The molecule has 3 N–H and O–H groups in total. The van der Waals surface area contributed by atoms with Gasteiger partial charge in [0.2, 0.25) is 0 Å². The first-order chi connectivity index (χ1) is 9.15. The fraction of sp³-hybridized carbons (Fsp3) is 0.538. The van der Waals surface area contributed by atoms with Crippen LogP contribution in [0.2, 0.25) is 0 Å². The van der Waals surface area contributed by atoms with E-state index in [1.165, 1.54) is 0 Å². The molecule has 0 spiro atoms. The number of nitrogen functional groups attached to an aromatic ring is 1. The van der Waals surface area contributed by atoms with Crippen LogP contribution in [0.1, 0.15) is 25.7 Å². The maximum absolute atomic E-state index is 11.2. The number of nitro groups is 1. The van der Waals surface area contributed by atoms with Crippen LogP contribution < -0.4 is 10.6 Å². The Kier molecular flexibility index (Phi) is 4.21. The quantitative estimate of drug-likeness (QED) is 0.465. The molecule has 1 aliphatic rings. The monoisotopic (exact) mass is 265 g/mol. The van der Waals surface area contributed by atoms with Crippen LogP contribution in [0.25, 0.3) is 0 Å². The van der Waals surface area contributed by atoms with Crippen LogP contribution in [0, 0.1) is 10.1 Å². The van der Waals surface area contributed by atoms with Crippen LogP contribution in [0.3, 0.4) is 0 Å². The van der Waals surface area contributed by atoms with E-state index in [4.69, 9.17) is 10.8 Å². The molecule has 0 aromatic heterocycles. The van der Waals surface area contributed by atoms with E-state index in [0.717, 1.165) is 19.3 Å². The second-order valence-electron chi connectivity index (χ2n) is 4.83. The molecule has 1 fully saturated rings. The predicted molar refractivity (Wildman–Crippen MR) is 74.2 cm³/mol. The van der Waals surface area contributed by atoms with Gasteiger partial charge in [0.15, 0.2) is 0 Å². The number of hydrogen-bond donors (Lipinski definition) is 2. The number of nitrogens with zero attached hydrogens (tertiary/aromatic N) is 2. The van der Waals surface area contributed by atoms with E-state index in [2.05, 4.69) is 0 Å². The van der Waals surface area contributed by atoms with Crippen LogP contribution in [-0.2, 0) is 0 Å². The zero-order chi connectivity index (χ0) is 13.8. The van der Waals surface area contributed by atoms with Crippen LogP contribution in [0.5, 0.6) is 0 Å². The van der Waals surface area contributed by atoms with Crippen molar-refractivity contribution < 1.29 is 10.0 Å². The van der Waals surface area contributed by atoms with Gasteiger partial charge in [-0.2, -0.15) is 0 Å². The van der Waals surface area contributed by atoms with Gasteiger partial charge in [-0.1, -0.05) is 6.07 Å². The van der Waals surface area contributed by atoms with Crippen molar-refractivity contribution in [2.24, 2.45) is 0 Å². The summed E-state index contributed by atoms with van der Waals surface area (Å²) in [5.74, 6) is 0. The standard InChI is InChI=1S/C13H19N3O3/c14-11-6-2-7-12(13(11)16(18)19)15(8-3-9-17)10-4-1-5-10/h2,6-7,10,17H,1,3-5,8-9,14H2. The molecule has 0 bridgehead atoms. The highest BCUT2D eigenvalue weighted by Crippen LogP contribution is 2.38. The van der Waals surface area contributed by atoms with Gasteiger partial charge >= 0.3 is 5.69 Å². The van der Waals surface area contributed by atoms with E-state index in [9.17, 15) is 10.1 Å². The molecule has 0 atom stereocenters. The summed E-state index contributed by atoms with van der Waals surface area (Å²) >= 11 is 0. The highest BCUT2D eigenvalue weighted by Gasteiger charge is 2.30. The molecule has 0 saturated heterocycles. The number of nitro benzene ring substituents is 1. The molecule has 6 heteroatoms. The Bertz CT molecular complexity index is 460. The van der Waals surface area contributed by atoms with Crippen molar-refractivity contribution in [3.8, 4) is 0 Å². The Morgan fingerprint density at radius 2 is 2.21 bits per heavy atom. The number of para-hydroxylation sites is 1. The molecular formula is C13H19N3O3. The predicted octanol–water partition coefficient (Wildman–Crippen LogP) is 1.92. The molecule has 1 aliphatic carbocycles. The largest absolute Gasteiger partial charge is 0.396 e. The molecule has 1 saturated carbocycles. The summed E-state index contributed by atoms with van der Waals surface area (Å²) in [4.78, 5) is 12.8. The van der Waals surface area contributed by atoms with Crippen LogP contribution in [-0.4, -0.2) is 29.2 Å². The van der Waals surface area contributed by atoms with Crippen LogP contribution in [0.4, 0.5) is 17.1 Å². The van der Waals surface area contributed by atoms with E-state index in [1.807, 2.05) is 4.90 Å². The molecule has 2 rings (SSSR count). The number of aliphatic hydroxyl groups is 1. The lowest BCUT2D eigenvalue weighted by molar-refractivity contribution is -0.383. The highest BCUT2D eigenvalue weighted by atomic mass is 16.6. The zero-order valence-electron chi connectivity index (χ0n) is 10.8. The van der Waals surface area contributed by atoms with Gasteiger partial charge < -0.3 is 15.7 Å². The molecule has 0 amide bonds. The molecule has 0 heterocycles. The summed E-state index contributed by atoms with van der Waals surface area (Å²) in [6, 6.07) is 5.35. The number of nitrogens with two attached hydrogens (primary N) is 1. The molecule has 0 aliphatic heterocycles. The minimum Gasteiger partial charge on any atom is -0.396 e. The summed E-state index contributed by atoms with van der Waals surface area (Å²) in [5.41, 5.74) is 6.47. The Labute approximate surface area is 112 Å². The third-order valence-corrected chi connectivity index (χ3v) is 3.61. The zero-order valence-corrected chi connectivity index (χ0v) is 10.8. The first-order valence-corrected chi connectivity index (χ1v) is 6.55. The second-order valence-corrected chi connectivity index (χ2v) is 4.83. The lowest BCUT2D eigenvalue weighted by Crippen LogP contribution is -2.41. The summed E-state index contributed by atoms with van der Waals surface area (Å²) in [5, 5.41) is 20.2. The maximum atomic E-state index is 11.2. The van der Waals surface area contributed by atoms with E-state index < -0.39 is 4.92 Å². The third kappa shape index (κ3) is 2.78. The van der Waals surface area contributed by atoms with Gasteiger partial charge in [0.25, 0.3) is 0 Å². The van der Waals surface area contributed by atoms with E-state index in [1.54, 1.807) is 18.2 Å². The molecule has 1 aromatic carbocycles. The van der Waals surface area contributed by atoms with E-state index in [0.29, 0.717) is 24.7 Å². The fourth-order valence-corrected chi connectivity index (χ4v) is 2.42. The number of anilines is 2. The lowest BCUT2D eigenvalue weighted by atomic mass is 9.90. The van der Waals surface area contributed by atoms with Gasteiger partial charge in [-0.25, -0.2) is 0 Å². The summed E-state index contributed by atoms with van der Waals surface area (Å²) < 4.78 is 0. The topological polar surface area (TPSA) is 92.6 Å². The molecular weight excluding hydrogens is 246 g/mol. The molecule has 1 aromatic rings.